The zero-order valence-electron chi connectivity index (χ0n) is 19.2. The molecule has 0 heterocycles. The number of rotatable bonds is 12. The lowest BCUT2D eigenvalue weighted by Crippen LogP contribution is -2.30. The molecule has 0 atom stereocenters. The van der Waals surface area contributed by atoms with Gasteiger partial charge in [0, 0.05) is 5.41 Å². The summed E-state index contributed by atoms with van der Waals surface area (Å²) in [6.45, 7) is 15.3. The number of hydrogen-bond acceptors (Lipinski definition) is 6. The maximum atomic E-state index is 11.7. The molecule has 0 radical (unpaired) electrons. The molecule has 1 rings (SSSR count). The zero-order chi connectivity index (χ0) is 23.2. The van der Waals surface area contributed by atoms with E-state index in [4.69, 9.17) is 24.7 Å². The van der Waals surface area contributed by atoms with Crippen molar-refractivity contribution in [1.29, 1.82) is 0 Å². The fraction of sp³-hybridized carbons (Fsp3) is 0.565. The summed E-state index contributed by atoms with van der Waals surface area (Å²) < 4.78 is 20.8. The fourth-order valence-corrected chi connectivity index (χ4v) is 1.52. The highest BCUT2D eigenvalue weighted by atomic mass is 16.7. The van der Waals surface area contributed by atoms with Gasteiger partial charge in [-0.3, -0.25) is 9.59 Å². The SMILES string of the molecule is C=C(OCOCCOC(=O)C(C)(C)CC)Oc1ccccc1.CCC(C)(C)C(N)=O. The van der Waals surface area contributed by atoms with Gasteiger partial charge in [-0.2, -0.15) is 0 Å². The van der Waals surface area contributed by atoms with Crippen molar-refractivity contribution >= 4 is 11.9 Å². The maximum absolute atomic E-state index is 11.7. The number of ether oxygens (including phenoxy) is 4. The van der Waals surface area contributed by atoms with E-state index in [2.05, 4.69) is 6.58 Å². The number of nitrogens with two attached hydrogens (primary N) is 1. The van der Waals surface area contributed by atoms with Crippen LogP contribution in [0.25, 0.3) is 0 Å². The second kappa shape index (κ2) is 13.6. The number of amides is 1. The van der Waals surface area contributed by atoms with Crippen LogP contribution in [0.1, 0.15) is 54.4 Å². The molecule has 0 spiro atoms. The van der Waals surface area contributed by atoms with Crippen molar-refractivity contribution in [2.45, 2.75) is 54.4 Å². The number of hydrogen-bond donors (Lipinski definition) is 1. The molecule has 2 N–H and O–H groups in total. The van der Waals surface area contributed by atoms with Gasteiger partial charge in [-0.15, -0.1) is 0 Å². The van der Waals surface area contributed by atoms with Gasteiger partial charge in [0.1, 0.15) is 12.4 Å². The summed E-state index contributed by atoms with van der Waals surface area (Å²) in [6.07, 6.45) is 1.54. The topological polar surface area (TPSA) is 97.1 Å². The molecule has 0 aromatic heterocycles. The van der Waals surface area contributed by atoms with E-state index in [0.29, 0.717) is 5.75 Å². The van der Waals surface area contributed by atoms with Crippen molar-refractivity contribution in [3.63, 3.8) is 0 Å². The van der Waals surface area contributed by atoms with Gasteiger partial charge >= 0.3 is 5.97 Å². The number of para-hydroxylation sites is 1. The summed E-state index contributed by atoms with van der Waals surface area (Å²) >= 11 is 0. The van der Waals surface area contributed by atoms with Gasteiger partial charge in [0.2, 0.25) is 5.91 Å². The lowest BCUT2D eigenvalue weighted by molar-refractivity contribution is -0.157. The number of benzene rings is 1. The lowest BCUT2D eigenvalue weighted by atomic mass is 9.90. The average Bonchev–Trinajstić information content (AvgIpc) is 2.71. The van der Waals surface area contributed by atoms with E-state index in [9.17, 15) is 9.59 Å². The molecule has 1 amide bonds. The molecule has 0 unspecified atom stereocenters. The highest BCUT2D eigenvalue weighted by Crippen LogP contribution is 2.21. The van der Waals surface area contributed by atoms with E-state index in [1.807, 2.05) is 59.7 Å². The van der Waals surface area contributed by atoms with Crippen molar-refractivity contribution in [1.82, 2.24) is 0 Å². The van der Waals surface area contributed by atoms with Crippen LogP contribution < -0.4 is 10.5 Å². The first-order chi connectivity index (χ1) is 14.0. The van der Waals surface area contributed by atoms with E-state index < -0.39 is 5.41 Å². The first-order valence-electron chi connectivity index (χ1n) is 10.1. The van der Waals surface area contributed by atoms with Crippen LogP contribution in [0.15, 0.2) is 42.9 Å². The van der Waals surface area contributed by atoms with Crippen LogP contribution in [0.2, 0.25) is 0 Å². The van der Waals surface area contributed by atoms with E-state index in [-0.39, 0.29) is 43.2 Å². The summed E-state index contributed by atoms with van der Waals surface area (Å²) in [6, 6.07) is 9.19. The summed E-state index contributed by atoms with van der Waals surface area (Å²) in [5.74, 6) is 0.342. The van der Waals surface area contributed by atoms with Gasteiger partial charge in [-0.25, -0.2) is 0 Å². The molecule has 1 aromatic rings. The third kappa shape index (κ3) is 11.5. The van der Waals surface area contributed by atoms with Gasteiger partial charge in [-0.1, -0.05) is 45.9 Å². The molecule has 0 fully saturated rings. The number of carbonyl (C=O) groups is 2. The van der Waals surface area contributed by atoms with Crippen LogP contribution in [-0.2, 0) is 23.8 Å². The monoisotopic (exact) mass is 423 g/mol. The minimum Gasteiger partial charge on any atom is -0.463 e. The number of carbonyl (C=O) groups excluding carboxylic acids is 2. The normalized spacial score (nSPS) is 11.0. The average molecular weight is 424 g/mol. The molecule has 7 heteroatoms. The Hall–Kier alpha value is -2.54. The minimum absolute atomic E-state index is 0.0135. The standard InChI is InChI=1S/C17H24O5.C6H13NO/c1-5-17(3,4)16(18)20-12-11-19-13-21-14(2)22-15-9-7-6-8-10-15;1-4-6(2,3)5(7)8/h6-10H,2,5,11-13H2,1,3-4H3;4H2,1-3H3,(H2,7,8). The van der Waals surface area contributed by atoms with Gasteiger partial charge in [-0.05, 0) is 45.4 Å². The second-order valence-electron chi connectivity index (χ2n) is 7.93. The van der Waals surface area contributed by atoms with E-state index in [1.54, 1.807) is 12.1 Å². The smallest absolute Gasteiger partial charge is 0.311 e. The molecular weight excluding hydrogens is 386 g/mol. The Kier molecular flexibility index (Phi) is 12.5. The molecule has 0 aliphatic heterocycles. The van der Waals surface area contributed by atoms with E-state index in [0.717, 1.165) is 12.8 Å². The Morgan fingerprint density at radius 2 is 1.50 bits per heavy atom. The first kappa shape index (κ1) is 27.5. The van der Waals surface area contributed by atoms with Crippen LogP contribution in [-0.4, -0.2) is 31.9 Å². The molecule has 0 bridgehead atoms. The quantitative estimate of drug-likeness (QED) is 0.231. The van der Waals surface area contributed by atoms with Crippen LogP contribution in [0, 0.1) is 10.8 Å². The first-order valence-corrected chi connectivity index (χ1v) is 10.1. The summed E-state index contributed by atoms with van der Waals surface area (Å²) in [5, 5.41) is 0. The Labute approximate surface area is 180 Å². The Morgan fingerprint density at radius 1 is 0.933 bits per heavy atom. The van der Waals surface area contributed by atoms with Crippen molar-refractivity contribution in [3.05, 3.63) is 42.9 Å². The Bertz CT molecular complexity index is 655. The molecule has 0 saturated heterocycles. The minimum atomic E-state index is -0.464. The van der Waals surface area contributed by atoms with Crippen LogP contribution in [0.5, 0.6) is 5.75 Å². The van der Waals surface area contributed by atoms with Gasteiger partial charge in [0.15, 0.2) is 6.79 Å². The molecule has 7 nitrogen and oxygen atoms in total. The van der Waals surface area contributed by atoms with Gasteiger partial charge < -0.3 is 24.7 Å². The highest BCUT2D eigenvalue weighted by molar-refractivity contribution is 5.79. The van der Waals surface area contributed by atoms with Crippen molar-refractivity contribution in [2.24, 2.45) is 16.6 Å². The van der Waals surface area contributed by atoms with E-state index >= 15 is 0 Å². The molecular formula is C23H37NO6. The third-order valence-electron chi connectivity index (χ3n) is 4.73. The van der Waals surface area contributed by atoms with Crippen LogP contribution >= 0.6 is 0 Å². The molecule has 30 heavy (non-hydrogen) atoms. The maximum Gasteiger partial charge on any atom is 0.311 e. The molecule has 1 aromatic carbocycles. The Balaban J connectivity index is 0.000000890. The molecule has 0 saturated carbocycles. The van der Waals surface area contributed by atoms with Gasteiger partial charge in [0.05, 0.1) is 12.0 Å². The second-order valence-corrected chi connectivity index (χ2v) is 7.93. The van der Waals surface area contributed by atoms with Crippen molar-refractivity contribution in [3.8, 4) is 5.75 Å². The van der Waals surface area contributed by atoms with E-state index in [1.165, 1.54) is 0 Å². The van der Waals surface area contributed by atoms with Crippen LogP contribution in [0.4, 0.5) is 0 Å². The number of esters is 1. The molecule has 0 aliphatic carbocycles. The molecule has 170 valence electrons. The molecule has 0 aliphatic rings. The highest BCUT2D eigenvalue weighted by Gasteiger charge is 2.26. The third-order valence-corrected chi connectivity index (χ3v) is 4.73. The van der Waals surface area contributed by atoms with Gasteiger partial charge in [0.25, 0.3) is 5.95 Å². The number of primary amides is 1. The summed E-state index contributed by atoms with van der Waals surface area (Å²) in [5.41, 5.74) is 4.26. The summed E-state index contributed by atoms with van der Waals surface area (Å²) in [4.78, 5) is 22.2. The zero-order valence-corrected chi connectivity index (χ0v) is 19.2. The van der Waals surface area contributed by atoms with Crippen molar-refractivity contribution in [2.75, 3.05) is 20.0 Å². The lowest BCUT2D eigenvalue weighted by Gasteiger charge is -2.20. The predicted octanol–water partition coefficient (Wildman–Crippen LogP) is 4.41. The van der Waals surface area contributed by atoms with Crippen molar-refractivity contribution < 1.29 is 28.5 Å². The fourth-order valence-electron chi connectivity index (χ4n) is 1.52. The summed E-state index contributed by atoms with van der Waals surface area (Å²) in [7, 11) is 0. The predicted molar refractivity (Wildman–Crippen MR) is 116 cm³/mol. The Morgan fingerprint density at radius 3 is 1.97 bits per heavy atom. The largest absolute Gasteiger partial charge is 0.463 e. The van der Waals surface area contributed by atoms with Crippen LogP contribution in [0.3, 0.4) is 0 Å².